The third kappa shape index (κ3) is 4.03. The summed E-state index contributed by atoms with van der Waals surface area (Å²) >= 11 is 5.30. The summed E-state index contributed by atoms with van der Waals surface area (Å²) in [5, 5.41) is 3.39. The summed E-state index contributed by atoms with van der Waals surface area (Å²) in [6.45, 7) is 0.238. The van der Waals surface area contributed by atoms with E-state index in [2.05, 4.69) is 19.4 Å². The Kier molecular flexibility index (Phi) is 4.30. The van der Waals surface area contributed by atoms with Crippen molar-refractivity contribution in [1.29, 1.82) is 0 Å². The number of aromatic nitrogens is 2. The van der Waals surface area contributed by atoms with Gasteiger partial charge >= 0.3 is 0 Å². The first-order chi connectivity index (χ1) is 6.64. The molecule has 0 unspecified atom stereocenters. The van der Waals surface area contributed by atoms with Crippen LogP contribution in [0.3, 0.4) is 0 Å². The lowest BCUT2D eigenvalue weighted by molar-refractivity contribution is 0.377. The van der Waals surface area contributed by atoms with E-state index in [4.69, 9.17) is 11.6 Å². The molecule has 0 amide bonds. The van der Waals surface area contributed by atoms with E-state index >= 15 is 0 Å². The van der Waals surface area contributed by atoms with E-state index < -0.39 is 10.0 Å². The lowest BCUT2D eigenvalue weighted by Crippen LogP contribution is -2.29. The van der Waals surface area contributed by atoms with Crippen molar-refractivity contribution < 1.29 is 12.9 Å². The van der Waals surface area contributed by atoms with E-state index in [0.29, 0.717) is 12.3 Å². The standard InChI is InChI=1S/C6H10ClN3O3S/c7-2-4-14(11,12)10-3-1-6-8-5-9-13-6/h5,10H,1-4H2. The molecule has 6 nitrogen and oxygen atoms in total. The molecule has 14 heavy (non-hydrogen) atoms. The molecule has 0 aromatic carbocycles. The van der Waals surface area contributed by atoms with Crippen LogP contribution in [-0.4, -0.2) is 36.7 Å². The maximum atomic E-state index is 11.1. The number of hydrogen-bond donors (Lipinski definition) is 1. The molecule has 8 heteroatoms. The minimum absolute atomic E-state index is 0.0793. The zero-order chi connectivity index (χ0) is 10.4. The summed E-state index contributed by atoms with van der Waals surface area (Å²) in [7, 11) is -3.26. The number of sulfonamides is 1. The van der Waals surface area contributed by atoms with Gasteiger partial charge in [0.25, 0.3) is 0 Å². The Labute approximate surface area is 86.7 Å². The molecule has 1 rings (SSSR count). The van der Waals surface area contributed by atoms with Gasteiger partial charge in [0.05, 0.1) is 5.75 Å². The van der Waals surface area contributed by atoms with Crippen LogP contribution in [0.5, 0.6) is 0 Å². The van der Waals surface area contributed by atoms with Crippen LogP contribution < -0.4 is 4.72 Å². The fourth-order valence-corrected chi connectivity index (χ4v) is 2.16. The van der Waals surface area contributed by atoms with Crippen molar-refractivity contribution in [2.24, 2.45) is 0 Å². The quantitative estimate of drug-likeness (QED) is 0.693. The molecule has 1 aromatic rings. The Morgan fingerprint density at radius 3 is 2.93 bits per heavy atom. The van der Waals surface area contributed by atoms with Crippen LogP contribution in [0.1, 0.15) is 5.89 Å². The lowest BCUT2D eigenvalue weighted by Gasteiger charge is -2.02. The molecule has 0 spiro atoms. The molecule has 0 fully saturated rings. The summed E-state index contributed by atoms with van der Waals surface area (Å²) in [4.78, 5) is 3.74. The number of hydrogen-bond acceptors (Lipinski definition) is 5. The van der Waals surface area contributed by atoms with Gasteiger partial charge in [0, 0.05) is 18.8 Å². The summed E-state index contributed by atoms with van der Waals surface area (Å²) in [5.41, 5.74) is 0. The Balaban J connectivity index is 2.28. The van der Waals surface area contributed by atoms with Gasteiger partial charge in [-0.2, -0.15) is 4.98 Å². The Morgan fingerprint density at radius 2 is 2.36 bits per heavy atom. The first-order valence-electron chi connectivity index (χ1n) is 3.93. The van der Waals surface area contributed by atoms with Crippen molar-refractivity contribution >= 4 is 21.6 Å². The highest BCUT2D eigenvalue weighted by Crippen LogP contribution is 1.92. The molecule has 0 saturated carbocycles. The molecule has 0 aliphatic heterocycles. The van der Waals surface area contributed by atoms with Crippen LogP contribution in [0.2, 0.25) is 0 Å². The van der Waals surface area contributed by atoms with E-state index in [1.165, 1.54) is 6.33 Å². The number of nitrogens with one attached hydrogen (secondary N) is 1. The largest absolute Gasteiger partial charge is 0.340 e. The van der Waals surface area contributed by atoms with Crippen molar-refractivity contribution in [3.05, 3.63) is 12.2 Å². The van der Waals surface area contributed by atoms with Gasteiger partial charge in [-0.05, 0) is 0 Å². The smallest absolute Gasteiger partial charge is 0.227 e. The summed E-state index contributed by atoms with van der Waals surface area (Å²) in [6.07, 6.45) is 1.64. The lowest BCUT2D eigenvalue weighted by atomic mass is 10.4. The van der Waals surface area contributed by atoms with Gasteiger partial charge < -0.3 is 4.52 Å². The van der Waals surface area contributed by atoms with E-state index in [0.717, 1.165) is 0 Å². The second-order valence-electron chi connectivity index (χ2n) is 2.49. The topological polar surface area (TPSA) is 85.1 Å². The maximum Gasteiger partial charge on any atom is 0.227 e. The van der Waals surface area contributed by atoms with Gasteiger partial charge in [0.15, 0.2) is 6.33 Å². The molecule has 80 valence electrons. The molecule has 0 bridgehead atoms. The van der Waals surface area contributed by atoms with Crippen molar-refractivity contribution in [3.63, 3.8) is 0 Å². The first-order valence-corrected chi connectivity index (χ1v) is 6.11. The summed E-state index contributed by atoms with van der Waals surface area (Å²) in [5.74, 6) is 0.396. The Bertz CT molecular complexity index is 350. The second kappa shape index (κ2) is 5.28. The summed E-state index contributed by atoms with van der Waals surface area (Å²) < 4.78 is 29.2. The van der Waals surface area contributed by atoms with Crippen LogP contribution in [0, 0.1) is 0 Å². The number of alkyl halides is 1. The van der Waals surface area contributed by atoms with E-state index in [9.17, 15) is 8.42 Å². The van der Waals surface area contributed by atoms with E-state index in [-0.39, 0.29) is 18.2 Å². The van der Waals surface area contributed by atoms with Crippen molar-refractivity contribution in [1.82, 2.24) is 14.9 Å². The molecular formula is C6H10ClN3O3S. The third-order valence-electron chi connectivity index (χ3n) is 1.41. The predicted molar refractivity (Wildman–Crippen MR) is 50.5 cm³/mol. The fraction of sp³-hybridized carbons (Fsp3) is 0.667. The molecule has 0 radical (unpaired) electrons. The zero-order valence-corrected chi connectivity index (χ0v) is 8.88. The van der Waals surface area contributed by atoms with Gasteiger partial charge in [0.2, 0.25) is 15.9 Å². The number of halogens is 1. The molecule has 0 saturated heterocycles. The van der Waals surface area contributed by atoms with Crippen LogP contribution in [0.15, 0.2) is 10.9 Å². The first kappa shape index (κ1) is 11.4. The van der Waals surface area contributed by atoms with Gasteiger partial charge in [-0.1, -0.05) is 5.16 Å². The molecule has 1 aromatic heterocycles. The molecule has 1 heterocycles. The van der Waals surface area contributed by atoms with Crippen molar-refractivity contribution in [2.75, 3.05) is 18.2 Å². The highest BCUT2D eigenvalue weighted by Gasteiger charge is 2.08. The van der Waals surface area contributed by atoms with Gasteiger partial charge in [-0.15, -0.1) is 11.6 Å². The molecule has 0 atom stereocenters. The molecule has 0 aliphatic carbocycles. The predicted octanol–water partition coefficient (Wildman–Crippen LogP) is -0.230. The van der Waals surface area contributed by atoms with Crippen molar-refractivity contribution in [3.8, 4) is 0 Å². The summed E-state index contributed by atoms with van der Waals surface area (Å²) in [6, 6.07) is 0. The van der Waals surface area contributed by atoms with Crippen LogP contribution in [0.4, 0.5) is 0 Å². The van der Waals surface area contributed by atoms with E-state index in [1.54, 1.807) is 0 Å². The van der Waals surface area contributed by atoms with Gasteiger partial charge in [-0.3, -0.25) is 0 Å². The minimum Gasteiger partial charge on any atom is -0.340 e. The van der Waals surface area contributed by atoms with Crippen molar-refractivity contribution in [2.45, 2.75) is 6.42 Å². The zero-order valence-electron chi connectivity index (χ0n) is 7.31. The molecular weight excluding hydrogens is 230 g/mol. The van der Waals surface area contributed by atoms with Crippen LogP contribution >= 0.6 is 11.6 Å². The normalized spacial score (nSPS) is 11.8. The minimum atomic E-state index is -3.26. The maximum absolute atomic E-state index is 11.1. The molecule has 0 aliphatic rings. The highest BCUT2D eigenvalue weighted by molar-refractivity contribution is 7.89. The highest BCUT2D eigenvalue weighted by atomic mass is 35.5. The monoisotopic (exact) mass is 239 g/mol. The van der Waals surface area contributed by atoms with E-state index in [1.807, 2.05) is 0 Å². The fourth-order valence-electron chi connectivity index (χ4n) is 0.793. The van der Waals surface area contributed by atoms with Gasteiger partial charge in [-0.25, -0.2) is 13.1 Å². The second-order valence-corrected chi connectivity index (χ2v) is 4.79. The SMILES string of the molecule is O=S(=O)(CCCl)NCCc1ncno1. The number of rotatable bonds is 6. The Hall–Kier alpha value is -0.660. The third-order valence-corrected chi connectivity index (χ3v) is 3.21. The number of nitrogens with zero attached hydrogens (tertiary/aromatic N) is 2. The van der Waals surface area contributed by atoms with Crippen LogP contribution in [-0.2, 0) is 16.4 Å². The Morgan fingerprint density at radius 1 is 1.57 bits per heavy atom. The van der Waals surface area contributed by atoms with Gasteiger partial charge in [0.1, 0.15) is 0 Å². The average molecular weight is 240 g/mol. The van der Waals surface area contributed by atoms with Crippen LogP contribution in [0.25, 0.3) is 0 Å². The average Bonchev–Trinajstić information content (AvgIpc) is 2.56. The molecule has 1 N–H and O–H groups in total.